The first-order chi connectivity index (χ1) is 11.2. The van der Waals surface area contributed by atoms with Gasteiger partial charge in [0, 0.05) is 31.6 Å². The van der Waals surface area contributed by atoms with E-state index in [0.29, 0.717) is 32.1 Å². The van der Waals surface area contributed by atoms with E-state index in [2.05, 4.69) is 17.5 Å². The normalized spacial score (nSPS) is 22.9. The lowest BCUT2D eigenvalue weighted by Gasteiger charge is -2.38. The summed E-state index contributed by atoms with van der Waals surface area (Å²) in [4.78, 5) is 12.2. The molecule has 1 aromatic carbocycles. The third-order valence-electron chi connectivity index (χ3n) is 5.07. The largest absolute Gasteiger partial charge is 0.381 e. The van der Waals surface area contributed by atoms with Crippen molar-refractivity contribution in [3.63, 3.8) is 0 Å². The van der Waals surface area contributed by atoms with E-state index in [1.807, 2.05) is 6.07 Å². The molecular weight excluding hydrogens is 293 g/mol. The quantitative estimate of drug-likeness (QED) is 0.846. The summed E-state index contributed by atoms with van der Waals surface area (Å²) in [6, 6.07) is 6.76. The van der Waals surface area contributed by atoms with Gasteiger partial charge in [-0.1, -0.05) is 24.3 Å². The van der Waals surface area contributed by atoms with Gasteiger partial charge in [-0.2, -0.15) is 0 Å². The monoisotopic (exact) mass is 317 g/mol. The standard InChI is InChI=1S/C19H24FNO2/c20-17-7-3-6-16(13-17)19(8-10-23-11-9-19)14-21-18(22)12-15-4-1-2-5-15/h1,3-4,6-7,13,15H,2,5,8-12,14H2,(H,21,22). The number of hydrogen-bond acceptors (Lipinski definition) is 2. The van der Waals surface area contributed by atoms with Gasteiger partial charge in [-0.25, -0.2) is 4.39 Å². The van der Waals surface area contributed by atoms with Crippen molar-refractivity contribution in [1.29, 1.82) is 0 Å². The van der Waals surface area contributed by atoms with Gasteiger partial charge in [0.2, 0.25) is 5.91 Å². The van der Waals surface area contributed by atoms with E-state index in [1.54, 1.807) is 12.1 Å². The van der Waals surface area contributed by atoms with E-state index >= 15 is 0 Å². The highest BCUT2D eigenvalue weighted by molar-refractivity contribution is 5.76. The summed E-state index contributed by atoms with van der Waals surface area (Å²) in [5.41, 5.74) is 0.739. The van der Waals surface area contributed by atoms with Crippen molar-refractivity contribution in [2.75, 3.05) is 19.8 Å². The predicted molar refractivity (Wildman–Crippen MR) is 87.6 cm³/mol. The van der Waals surface area contributed by atoms with Gasteiger partial charge in [-0.05, 0) is 49.3 Å². The minimum atomic E-state index is -0.226. The van der Waals surface area contributed by atoms with Crippen molar-refractivity contribution in [3.05, 3.63) is 47.8 Å². The Kier molecular flexibility index (Phi) is 5.11. The van der Waals surface area contributed by atoms with E-state index < -0.39 is 0 Å². The van der Waals surface area contributed by atoms with Crippen LogP contribution in [0.25, 0.3) is 0 Å². The SMILES string of the molecule is O=C(CC1C=CCC1)NCC1(c2cccc(F)c2)CCOCC1. The number of hydrogen-bond donors (Lipinski definition) is 1. The molecule has 0 spiro atoms. The second-order valence-electron chi connectivity index (χ2n) is 6.65. The first-order valence-electron chi connectivity index (χ1n) is 8.45. The van der Waals surface area contributed by atoms with Crippen molar-refractivity contribution in [1.82, 2.24) is 5.32 Å². The van der Waals surface area contributed by atoms with Crippen LogP contribution in [0, 0.1) is 11.7 Å². The Hall–Kier alpha value is -1.68. The molecule has 0 bridgehead atoms. The average molecular weight is 317 g/mol. The summed E-state index contributed by atoms with van der Waals surface area (Å²) in [7, 11) is 0. The van der Waals surface area contributed by atoms with Crippen LogP contribution in [0.5, 0.6) is 0 Å². The first kappa shape index (κ1) is 16.2. The van der Waals surface area contributed by atoms with Crippen LogP contribution in [0.15, 0.2) is 36.4 Å². The molecule has 0 radical (unpaired) electrons. The van der Waals surface area contributed by atoms with Crippen molar-refractivity contribution < 1.29 is 13.9 Å². The molecule has 1 aromatic rings. The van der Waals surface area contributed by atoms with Gasteiger partial charge in [0.15, 0.2) is 0 Å². The highest BCUT2D eigenvalue weighted by Crippen LogP contribution is 2.34. The van der Waals surface area contributed by atoms with Gasteiger partial charge in [-0.15, -0.1) is 0 Å². The smallest absolute Gasteiger partial charge is 0.220 e. The van der Waals surface area contributed by atoms with Crippen LogP contribution in [-0.2, 0) is 14.9 Å². The maximum atomic E-state index is 13.6. The zero-order chi connectivity index (χ0) is 16.1. The van der Waals surface area contributed by atoms with E-state index in [1.165, 1.54) is 6.07 Å². The molecule has 4 heteroatoms. The van der Waals surface area contributed by atoms with E-state index in [9.17, 15) is 9.18 Å². The van der Waals surface area contributed by atoms with Crippen LogP contribution in [0.3, 0.4) is 0 Å². The van der Waals surface area contributed by atoms with Crippen molar-refractivity contribution in [2.45, 2.75) is 37.5 Å². The highest BCUT2D eigenvalue weighted by Gasteiger charge is 2.35. The molecule has 1 aliphatic carbocycles. The Labute approximate surface area is 136 Å². The molecule has 1 heterocycles. The number of nitrogens with one attached hydrogen (secondary N) is 1. The van der Waals surface area contributed by atoms with Crippen molar-refractivity contribution >= 4 is 5.91 Å². The Morgan fingerprint density at radius 3 is 2.87 bits per heavy atom. The lowest BCUT2D eigenvalue weighted by Crippen LogP contribution is -2.44. The maximum absolute atomic E-state index is 13.6. The molecule has 1 unspecified atom stereocenters. The number of halogens is 1. The molecule has 1 amide bonds. The molecule has 0 aromatic heterocycles. The maximum Gasteiger partial charge on any atom is 0.220 e. The summed E-state index contributed by atoms with van der Waals surface area (Å²) in [5, 5.41) is 3.09. The van der Waals surface area contributed by atoms with E-state index in [4.69, 9.17) is 4.74 Å². The van der Waals surface area contributed by atoms with Gasteiger partial charge in [-0.3, -0.25) is 4.79 Å². The third kappa shape index (κ3) is 3.99. The third-order valence-corrected chi connectivity index (χ3v) is 5.07. The molecule has 124 valence electrons. The van der Waals surface area contributed by atoms with Crippen molar-refractivity contribution in [2.24, 2.45) is 5.92 Å². The summed E-state index contributed by atoms with van der Waals surface area (Å²) >= 11 is 0. The highest BCUT2D eigenvalue weighted by atomic mass is 19.1. The molecule has 3 rings (SSSR count). The Balaban J connectivity index is 1.67. The average Bonchev–Trinajstić information content (AvgIpc) is 3.07. The number of allylic oxidation sites excluding steroid dienone is 2. The molecule has 1 N–H and O–H groups in total. The molecule has 1 aliphatic heterocycles. The Morgan fingerprint density at radius 1 is 1.35 bits per heavy atom. The first-order valence-corrected chi connectivity index (χ1v) is 8.45. The van der Waals surface area contributed by atoms with Crippen molar-refractivity contribution in [3.8, 4) is 0 Å². The van der Waals surface area contributed by atoms with Crippen LogP contribution >= 0.6 is 0 Å². The Morgan fingerprint density at radius 2 is 2.17 bits per heavy atom. The summed E-state index contributed by atoms with van der Waals surface area (Å²) in [6.45, 7) is 1.85. The number of ether oxygens (including phenoxy) is 1. The van der Waals surface area contributed by atoms with Crippen LogP contribution in [0.2, 0.25) is 0 Å². The van der Waals surface area contributed by atoms with E-state index in [0.717, 1.165) is 31.2 Å². The van der Waals surface area contributed by atoms with Gasteiger partial charge in [0.1, 0.15) is 5.82 Å². The predicted octanol–water partition coefficient (Wildman–Crippen LogP) is 3.35. The Bertz CT molecular complexity index is 578. The fourth-order valence-electron chi connectivity index (χ4n) is 3.59. The van der Waals surface area contributed by atoms with Gasteiger partial charge in [0.25, 0.3) is 0 Å². The summed E-state index contributed by atoms with van der Waals surface area (Å²) in [6.07, 6.45) is 8.58. The fraction of sp³-hybridized carbons (Fsp3) is 0.526. The molecule has 0 saturated carbocycles. The van der Waals surface area contributed by atoms with Crippen LogP contribution < -0.4 is 5.32 Å². The van der Waals surface area contributed by atoms with Gasteiger partial charge < -0.3 is 10.1 Å². The zero-order valence-electron chi connectivity index (χ0n) is 13.4. The zero-order valence-corrected chi connectivity index (χ0v) is 13.4. The molecule has 23 heavy (non-hydrogen) atoms. The summed E-state index contributed by atoms with van der Waals surface area (Å²) < 4.78 is 19.1. The second kappa shape index (κ2) is 7.26. The minimum absolute atomic E-state index is 0.0869. The number of amides is 1. The molecule has 3 nitrogen and oxygen atoms in total. The summed E-state index contributed by atoms with van der Waals surface area (Å²) in [5.74, 6) is 0.231. The molecule has 1 saturated heterocycles. The molecular formula is C19H24FNO2. The number of benzene rings is 1. The minimum Gasteiger partial charge on any atom is -0.381 e. The fourth-order valence-corrected chi connectivity index (χ4v) is 3.59. The molecule has 2 aliphatic rings. The number of carbonyl (C=O) groups is 1. The van der Waals surface area contributed by atoms with Crippen LogP contribution in [0.4, 0.5) is 4.39 Å². The molecule has 1 atom stereocenters. The van der Waals surface area contributed by atoms with Gasteiger partial charge >= 0.3 is 0 Å². The van der Waals surface area contributed by atoms with Gasteiger partial charge in [0.05, 0.1) is 0 Å². The lowest BCUT2D eigenvalue weighted by atomic mass is 9.74. The van der Waals surface area contributed by atoms with Crippen LogP contribution in [0.1, 0.15) is 37.7 Å². The number of rotatable bonds is 5. The number of carbonyl (C=O) groups excluding carboxylic acids is 1. The second-order valence-corrected chi connectivity index (χ2v) is 6.65. The topological polar surface area (TPSA) is 38.3 Å². The lowest BCUT2D eigenvalue weighted by molar-refractivity contribution is -0.122. The van der Waals surface area contributed by atoms with Crippen LogP contribution in [-0.4, -0.2) is 25.7 Å². The molecule has 1 fully saturated rings. The van der Waals surface area contributed by atoms with E-state index in [-0.39, 0.29) is 17.1 Å².